The number of aromatic amines is 1. The largest absolute Gasteiger partial charge is 0.323 e. The highest BCUT2D eigenvalue weighted by molar-refractivity contribution is 5.73. The van der Waals surface area contributed by atoms with Gasteiger partial charge in [0.1, 0.15) is 0 Å². The summed E-state index contributed by atoms with van der Waals surface area (Å²) in [5.41, 5.74) is 3.78. The van der Waals surface area contributed by atoms with E-state index in [1.54, 1.807) is 23.9 Å². The van der Waals surface area contributed by atoms with Crippen LogP contribution in [-0.2, 0) is 7.05 Å². The fourth-order valence-corrected chi connectivity index (χ4v) is 2.16. The minimum absolute atomic E-state index is 0.0337. The molecule has 0 fully saturated rings. The van der Waals surface area contributed by atoms with Crippen LogP contribution in [0.15, 0.2) is 47.8 Å². The molecule has 0 aliphatic heterocycles. The Balaban J connectivity index is 2.32. The molecule has 5 heteroatoms. The molecule has 0 saturated heterocycles. The highest BCUT2D eigenvalue weighted by Gasteiger charge is 2.12. The molecule has 1 N–H and O–H groups in total. The van der Waals surface area contributed by atoms with Crippen molar-refractivity contribution in [1.29, 1.82) is 0 Å². The van der Waals surface area contributed by atoms with Crippen molar-refractivity contribution >= 4 is 0 Å². The van der Waals surface area contributed by atoms with Crippen molar-refractivity contribution in [2.75, 3.05) is 0 Å². The Morgan fingerprint density at radius 2 is 1.95 bits per heavy atom. The quantitative estimate of drug-likeness (QED) is 0.759. The zero-order valence-corrected chi connectivity index (χ0v) is 10.8. The van der Waals surface area contributed by atoms with Crippen LogP contribution >= 0.6 is 0 Å². The Hall–Kier alpha value is -2.56. The molecule has 0 radical (unpaired) electrons. The van der Waals surface area contributed by atoms with Crippen LogP contribution < -0.4 is 5.56 Å². The monoisotopic (exact) mass is 254 g/mol. The summed E-state index contributed by atoms with van der Waals surface area (Å²) in [6.07, 6.45) is 7.47. The molecular weight excluding hydrogens is 240 g/mol. The summed E-state index contributed by atoms with van der Waals surface area (Å²) in [5, 5.41) is 6.98. The van der Waals surface area contributed by atoms with Crippen LogP contribution in [0.5, 0.6) is 0 Å². The standard InChI is InChI=1S/C14H14N4O/c1-10-11(8-15-16-10)12-9-17(2)14(19)7-13(12)18-5-3-4-6-18/h3-9H,1-2H3,(H,15,16). The first-order valence-electron chi connectivity index (χ1n) is 6.01. The molecule has 0 aliphatic rings. The van der Waals surface area contributed by atoms with Gasteiger partial charge in [-0.25, -0.2) is 0 Å². The highest BCUT2D eigenvalue weighted by Crippen LogP contribution is 2.26. The molecule has 0 spiro atoms. The normalized spacial score (nSPS) is 10.8. The third kappa shape index (κ3) is 1.89. The zero-order valence-electron chi connectivity index (χ0n) is 10.8. The van der Waals surface area contributed by atoms with Crippen molar-refractivity contribution in [3.8, 4) is 16.8 Å². The fraction of sp³-hybridized carbons (Fsp3) is 0.143. The number of nitrogens with zero attached hydrogens (tertiary/aromatic N) is 3. The van der Waals surface area contributed by atoms with Crippen LogP contribution in [0.1, 0.15) is 5.69 Å². The van der Waals surface area contributed by atoms with E-state index in [0.29, 0.717) is 0 Å². The van der Waals surface area contributed by atoms with E-state index in [4.69, 9.17) is 0 Å². The minimum Gasteiger partial charge on any atom is -0.323 e. The summed E-state index contributed by atoms with van der Waals surface area (Å²) >= 11 is 0. The van der Waals surface area contributed by atoms with E-state index in [1.165, 1.54) is 0 Å². The topological polar surface area (TPSA) is 55.6 Å². The van der Waals surface area contributed by atoms with E-state index < -0.39 is 0 Å². The van der Waals surface area contributed by atoms with E-state index in [-0.39, 0.29) is 5.56 Å². The molecule has 0 amide bonds. The van der Waals surface area contributed by atoms with Crippen molar-refractivity contribution in [2.24, 2.45) is 7.05 Å². The van der Waals surface area contributed by atoms with E-state index in [2.05, 4.69) is 10.2 Å². The first kappa shape index (κ1) is 11.5. The van der Waals surface area contributed by atoms with Gasteiger partial charge in [0, 0.05) is 48.5 Å². The lowest BCUT2D eigenvalue weighted by Gasteiger charge is -2.11. The third-order valence-corrected chi connectivity index (χ3v) is 3.21. The summed E-state index contributed by atoms with van der Waals surface area (Å²) < 4.78 is 3.51. The van der Waals surface area contributed by atoms with E-state index in [0.717, 1.165) is 22.5 Å². The fourth-order valence-electron chi connectivity index (χ4n) is 2.16. The third-order valence-electron chi connectivity index (χ3n) is 3.21. The number of pyridine rings is 1. The SMILES string of the molecule is Cc1[nH]ncc1-c1cn(C)c(=O)cc1-n1cccc1. The number of aryl methyl sites for hydroxylation is 2. The molecule has 3 rings (SSSR count). The van der Waals surface area contributed by atoms with Gasteiger partial charge in [-0.2, -0.15) is 5.10 Å². The van der Waals surface area contributed by atoms with Crippen molar-refractivity contribution in [3.05, 3.63) is 59.0 Å². The van der Waals surface area contributed by atoms with Gasteiger partial charge >= 0.3 is 0 Å². The van der Waals surface area contributed by atoms with Crippen LogP contribution in [0.2, 0.25) is 0 Å². The first-order valence-corrected chi connectivity index (χ1v) is 6.01. The molecule has 19 heavy (non-hydrogen) atoms. The van der Waals surface area contributed by atoms with Crippen LogP contribution in [0.25, 0.3) is 16.8 Å². The van der Waals surface area contributed by atoms with Crippen LogP contribution in [0.3, 0.4) is 0 Å². The van der Waals surface area contributed by atoms with Gasteiger partial charge in [0.2, 0.25) is 0 Å². The minimum atomic E-state index is -0.0337. The van der Waals surface area contributed by atoms with Crippen molar-refractivity contribution in [2.45, 2.75) is 6.92 Å². The van der Waals surface area contributed by atoms with Gasteiger partial charge in [0.25, 0.3) is 5.56 Å². The number of rotatable bonds is 2. The van der Waals surface area contributed by atoms with Crippen molar-refractivity contribution in [3.63, 3.8) is 0 Å². The van der Waals surface area contributed by atoms with Crippen LogP contribution in [0.4, 0.5) is 0 Å². The molecule has 3 aromatic heterocycles. The molecular formula is C14H14N4O. The maximum absolute atomic E-state index is 11.9. The summed E-state index contributed by atoms with van der Waals surface area (Å²) in [5.74, 6) is 0. The summed E-state index contributed by atoms with van der Waals surface area (Å²) in [6.45, 7) is 1.97. The number of H-pyrrole nitrogens is 1. The van der Waals surface area contributed by atoms with Crippen LogP contribution in [0, 0.1) is 6.92 Å². The lowest BCUT2D eigenvalue weighted by molar-refractivity contribution is 0.854. The molecule has 96 valence electrons. The Labute approximate surface area is 110 Å². The maximum Gasteiger partial charge on any atom is 0.252 e. The number of hydrogen-bond donors (Lipinski definition) is 1. The van der Waals surface area contributed by atoms with Crippen molar-refractivity contribution < 1.29 is 0 Å². The average molecular weight is 254 g/mol. The highest BCUT2D eigenvalue weighted by atomic mass is 16.1. The second kappa shape index (κ2) is 4.28. The predicted octanol–water partition coefficient (Wildman–Crippen LogP) is 1.87. The Morgan fingerprint density at radius 3 is 2.58 bits per heavy atom. The second-order valence-electron chi connectivity index (χ2n) is 4.52. The molecule has 0 aromatic carbocycles. The lowest BCUT2D eigenvalue weighted by Crippen LogP contribution is -2.17. The van der Waals surface area contributed by atoms with Gasteiger partial charge in [-0.05, 0) is 19.1 Å². The van der Waals surface area contributed by atoms with Crippen molar-refractivity contribution in [1.82, 2.24) is 19.3 Å². The molecule has 3 heterocycles. The van der Waals surface area contributed by atoms with Gasteiger partial charge in [0.05, 0.1) is 11.9 Å². The molecule has 0 atom stereocenters. The summed E-state index contributed by atoms with van der Waals surface area (Å²) in [6, 6.07) is 5.51. The van der Waals surface area contributed by atoms with E-state index in [9.17, 15) is 4.79 Å². The predicted molar refractivity (Wildman–Crippen MR) is 73.3 cm³/mol. The van der Waals surface area contributed by atoms with E-state index in [1.807, 2.05) is 42.2 Å². The van der Waals surface area contributed by atoms with Crippen LogP contribution in [-0.4, -0.2) is 19.3 Å². The molecule has 3 aromatic rings. The Kier molecular flexibility index (Phi) is 2.59. The molecule has 0 unspecified atom stereocenters. The number of aromatic nitrogens is 4. The summed E-state index contributed by atoms with van der Waals surface area (Å²) in [7, 11) is 1.75. The van der Waals surface area contributed by atoms with Gasteiger partial charge in [-0.1, -0.05) is 0 Å². The summed E-state index contributed by atoms with van der Waals surface area (Å²) in [4.78, 5) is 11.9. The van der Waals surface area contributed by atoms with Gasteiger partial charge in [-0.15, -0.1) is 0 Å². The molecule has 0 aliphatic carbocycles. The smallest absolute Gasteiger partial charge is 0.252 e. The lowest BCUT2D eigenvalue weighted by atomic mass is 10.1. The molecule has 0 bridgehead atoms. The number of nitrogens with one attached hydrogen (secondary N) is 1. The van der Waals surface area contributed by atoms with E-state index >= 15 is 0 Å². The first-order chi connectivity index (χ1) is 9.16. The number of hydrogen-bond acceptors (Lipinski definition) is 2. The average Bonchev–Trinajstić information content (AvgIpc) is 3.03. The zero-order chi connectivity index (χ0) is 13.4. The van der Waals surface area contributed by atoms with Gasteiger partial charge in [0.15, 0.2) is 0 Å². The second-order valence-corrected chi connectivity index (χ2v) is 4.52. The molecule has 5 nitrogen and oxygen atoms in total. The Morgan fingerprint density at radius 1 is 1.21 bits per heavy atom. The van der Waals surface area contributed by atoms with Gasteiger partial charge in [-0.3, -0.25) is 9.89 Å². The van der Waals surface area contributed by atoms with Gasteiger partial charge < -0.3 is 9.13 Å². The molecule has 0 saturated carbocycles. The Bertz CT molecular complexity index is 765. The maximum atomic E-state index is 11.9.